The molecule has 1 aromatic carbocycles. The van der Waals surface area contributed by atoms with Gasteiger partial charge < -0.3 is 10.3 Å². The Kier molecular flexibility index (Phi) is 3.15. The third kappa shape index (κ3) is 2.05. The van der Waals surface area contributed by atoms with Gasteiger partial charge in [-0.3, -0.25) is 4.79 Å². The molecule has 0 atom stereocenters. The fourth-order valence-corrected chi connectivity index (χ4v) is 1.90. The summed E-state index contributed by atoms with van der Waals surface area (Å²) in [5, 5.41) is 4.40. The van der Waals surface area contributed by atoms with Crippen LogP contribution < -0.4 is 5.73 Å². The lowest BCUT2D eigenvalue weighted by atomic mass is 10.1. The molecular weight excluding hydrogens is 342 g/mol. The normalized spacial score (nSPS) is 10.4. The minimum absolute atomic E-state index is 0.262. The third-order valence-electron chi connectivity index (χ3n) is 2.03. The Morgan fingerprint density at radius 3 is 2.88 bits per heavy atom. The molecule has 1 heterocycles. The lowest BCUT2D eigenvalue weighted by Gasteiger charge is -2.00. The van der Waals surface area contributed by atoms with Crippen LogP contribution in [0.25, 0.3) is 11.3 Å². The molecule has 0 aliphatic rings. The van der Waals surface area contributed by atoms with Crippen molar-refractivity contribution in [2.45, 2.75) is 0 Å². The van der Waals surface area contributed by atoms with Gasteiger partial charge >= 0.3 is 0 Å². The molecule has 0 aliphatic heterocycles. The Labute approximate surface area is 110 Å². The van der Waals surface area contributed by atoms with E-state index < -0.39 is 5.91 Å². The zero-order chi connectivity index (χ0) is 11.7. The number of hydrogen-bond acceptors (Lipinski definition) is 3. The number of rotatable bonds is 2. The zero-order valence-corrected chi connectivity index (χ0v) is 10.8. The first-order valence-electron chi connectivity index (χ1n) is 4.29. The number of hydrogen-bond donors (Lipinski definition) is 1. The first-order valence-corrected chi connectivity index (χ1v) is 5.75. The Balaban J connectivity index is 2.54. The number of primary amides is 1. The zero-order valence-electron chi connectivity index (χ0n) is 7.91. The SMILES string of the molecule is NC(=O)c1conc1-c1ccc(Cl)c(I)c1. The van der Waals surface area contributed by atoms with E-state index in [1.165, 1.54) is 6.26 Å². The van der Waals surface area contributed by atoms with Crippen molar-refractivity contribution >= 4 is 40.1 Å². The van der Waals surface area contributed by atoms with Crippen LogP contribution in [0.2, 0.25) is 5.02 Å². The molecule has 0 saturated carbocycles. The molecule has 1 amide bonds. The topological polar surface area (TPSA) is 69.1 Å². The van der Waals surface area contributed by atoms with E-state index in [-0.39, 0.29) is 5.56 Å². The monoisotopic (exact) mass is 348 g/mol. The van der Waals surface area contributed by atoms with Gasteiger partial charge in [0.25, 0.3) is 5.91 Å². The molecule has 1 aromatic heterocycles. The van der Waals surface area contributed by atoms with Crippen molar-refractivity contribution in [1.82, 2.24) is 5.16 Å². The first-order chi connectivity index (χ1) is 7.59. The van der Waals surface area contributed by atoms with E-state index in [9.17, 15) is 4.79 Å². The van der Waals surface area contributed by atoms with Gasteiger partial charge in [0.1, 0.15) is 17.5 Å². The molecule has 0 spiro atoms. The first kappa shape index (κ1) is 11.4. The van der Waals surface area contributed by atoms with Gasteiger partial charge in [-0.15, -0.1) is 0 Å². The van der Waals surface area contributed by atoms with E-state index in [0.29, 0.717) is 10.7 Å². The molecule has 4 nitrogen and oxygen atoms in total. The van der Waals surface area contributed by atoms with E-state index in [1.807, 2.05) is 6.07 Å². The van der Waals surface area contributed by atoms with Gasteiger partial charge in [-0.05, 0) is 34.7 Å². The Morgan fingerprint density at radius 1 is 1.50 bits per heavy atom. The maximum Gasteiger partial charge on any atom is 0.254 e. The van der Waals surface area contributed by atoms with E-state index in [2.05, 4.69) is 27.7 Å². The van der Waals surface area contributed by atoms with Crippen molar-refractivity contribution in [3.05, 3.63) is 38.6 Å². The summed E-state index contributed by atoms with van der Waals surface area (Å²) < 4.78 is 5.62. The number of nitrogens with zero attached hydrogens (tertiary/aromatic N) is 1. The average Bonchev–Trinajstić information content (AvgIpc) is 2.71. The number of aromatic nitrogens is 1. The molecule has 16 heavy (non-hydrogen) atoms. The molecule has 0 bridgehead atoms. The van der Waals surface area contributed by atoms with E-state index in [0.717, 1.165) is 9.13 Å². The molecule has 6 heteroatoms. The predicted octanol–water partition coefficient (Wildman–Crippen LogP) is 2.70. The molecule has 0 saturated heterocycles. The highest BCUT2D eigenvalue weighted by Crippen LogP contribution is 2.27. The molecule has 2 aromatic rings. The molecule has 2 rings (SSSR count). The fourth-order valence-electron chi connectivity index (χ4n) is 1.26. The molecule has 0 radical (unpaired) electrons. The lowest BCUT2D eigenvalue weighted by molar-refractivity contribution is 0.1000. The van der Waals surface area contributed by atoms with Crippen molar-refractivity contribution in [2.75, 3.05) is 0 Å². The fraction of sp³-hybridized carbons (Fsp3) is 0. The Morgan fingerprint density at radius 2 is 2.25 bits per heavy atom. The summed E-state index contributed by atoms with van der Waals surface area (Å²) in [4.78, 5) is 11.1. The molecular formula is C10H6ClIN2O2. The van der Waals surface area contributed by atoms with Crippen LogP contribution in [0.3, 0.4) is 0 Å². The maximum atomic E-state index is 11.1. The smallest absolute Gasteiger partial charge is 0.254 e. The van der Waals surface area contributed by atoms with Crippen molar-refractivity contribution in [3.8, 4) is 11.3 Å². The summed E-state index contributed by atoms with van der Waals surface area (Å²) in [6.45, 7) is 0. The van der Waals surface area contributed by atoms with Crippen molar-refractivity contribution in [3.63, 3.8) is 0 Å². The van der Waals surface area contributed by atoms with Gasteiger partial charge in [0, 0.05) is 9.13 Å². The average molecular weight is 349 g/mol. The second-order valence-electron chi connectivity index (χ2n) is 3.07. The Bertz CT molecular complexity index is 554. The van der Waals surface area contributed by atoms with Gasteiger partial charge in [0.05, 0.1) is 5.02 Å². The van der Waals surface area contributed by atoms with Crippen LogP contribution in [0.1, 0.15) is 10.4 Å². The van der Waals surface area contributed by atoms with E-state index >= 15 is 0 Å². The van der Waals surface area contributed by atoms with Crippen molar-refractivity contribution in [2.24, 2.45) is 5.73 Å². The highest BCUT2D eigenvalue weighted by molar-refractivity contribution is 14.1. The molecule has 0 unspecified atom stereocenters. The summed E-state index contributed by atoms with van der Waals surface area (Å²) in [5.41, 5.74) is 6.64. The summed E-state index contributed by atoms with van der Waals surface area (Å²) in [7, 11) is 0. The van der Waals surface area contributed by atoms with Crippen LogP contribution in [0, 0.1) is 3.57 Å². The number of halogens is 2. The minimum Gasteiger partial charge on any atom is -0.365 e. The Hall–Kier alpha value is -1.08. The minimum atomic E-state index is -0.568. The van der Waals surface area contributed by atoms with Gasteiger partial charge in [-0.1, -0.05) is 22.8 Å². The van der Waals surface area contributed by atoms with Crippen LogP contribution in [-0.2, 0) is 0 Å². The van der Waals surface area contributed by atoms with Crippen LogP contribution in [0.5, 0.6) is 0 Å². The van der Waals surface area contributed by atoms with Gasteiger partial charge in [0.15, 0.2) is 0 Å². The number of carbonyl (C=O) groups is 1. The summed E-state index contributed by atoms with van der Waals surface area (Å²) in [6.07, 6.45) is 1.24. The quantitative estimate of drug-likeness (QED) is 0.848. The van der Waals surface area contributed by atoms with Gasteiger partial charge in [-0.25, -0.2) is 0 Å². The number of benzene rings is 1. The highest BCUT2D eigenvalue weighted by atomic mass is 127. The summed E-state index contributed by atoms with van der Waals surface area (Å²) in [6, 6.07) is 5.31. The van der Waals surface area contributed by atoms with Gasteiger partial charge in [-0.2, -0.15) is 0 Å². The predicted molar refractivity (Wildman–Crippen MR) is 68.2 cm³/mol. The van der Waals surface area contributed by atoms with Crippen molar-refractivity contribution in [1.29, 1.82) is 0 Å². The number of carbonyl (C=O) groups excluding carboxylic acids is 1. The van der Waals surface area contributed by atoms with E-state index in [1.54, 1.807) is 12.1 Å². The standard InChI is InChI=1S/C10H6ClIN2O2/c11-7-2-1-5(3-8(7)12)9-6(10(13)15)4-16-14-9/h1-4H,(H2,13,15). The number of amides is 1. The molecule has 0 aliphatic carbocycles. The van der Waals surface area contributed by atoms with Crippen LogP contribution in [-0.4, -0.2) is 11.1 Å². The summed E-state index contributed by atoms with van der Waals surface area (Å²) >= 11 is 8.00. The molecule has 0 fully saturated rings. The van der Waals surface area contributed by atoms with Gasteiger partial charge in [0.2, 0.25) is 0 Å². The molecule has 2 N–H and O–H groups in total. The maximum absolute atomic E-state index is 11.1. The largest absolute Gasteiger partial charge is 0.365 e. The second-order valence-corrected chi connectivity index (χ2v) is 4.64. The van der Waals surface area contributed by atoms with Crippen LogP contribution in [0.15, 0.2) is 29.0 Å². The number of nitrogens with two attached hydrogens (primary N) is 1. The van der Waals surface area contributed by atoms with Crippen molar-refractivity contribution < 1.29 is 9.32 Å². The third-order valence-corrected chi connectivity index (χ3v) is 3.57. The van der Waals surface area contributed by atoms with Crippen LogP contribution in [0.4, 0.5) is 0 Å². The second kappa shape index (κ2) is 4.42. The molecule has 82 valence electrons. The lowest BCUT2D eigenvalue weighted by Crippen LogP contribution is -2.11. The summed E-state index contributed by atoms with van der Waals surface area (Å²) in [5.74, 6) is -0.568. The van der Waals surface area contributed by atoms with Crippen LogP contribution >= 0.6 is 34.2 Å². The van der Waals surface area contributed by atoms with E-state index in [4.69, 9.17) is 21.9 Å². The highest BCUT2D eigenvalue weighted by Gasteiger charge is 2.15.